The number of carbonyl (C=O) groups excluding carboxylic acids is 2. The third-order valence-corrected chi connectivity index (χ3v) is 5.35. The standard InChI is InChI=1S/C22H22N4O4S/c1-14(27)24-21-26-18(12-9-15-7-10-17(11-8-15)25-22(29)30)19(31-21)20(28)23-13-16-5-3-2-4-6-16/h2-8,10-11,25H,9,12-13H2,1H3,(H,23,28)(H,29,30)(H,24,26,27). The molecule has 8 nitrogen and oxygen atoms in total. The van der Waals surface area contributed by atoms with Crippen molar-refractivity contribution in [3.63, 3.8) is 0 Å². The average Bonchev–Trinajstić information content (AvgIpc) is 3.14. The number of nitrogens with zero attached hydrogens (tertiary/aromatic N) is 1. The molecule has 0 unspecified atom stereocenters. The number of thiazole rings is 1. The van der Waals surface area contributed by atoms with Crippen LogP contribution in [0.3, 0.4) is 0 Å². The van der Waals surface area contributed by atoms with Crippen LogP contribution in [0, 0.1) is 0 Å². The van der Waals surface area contributed by atoms with Gasteiger partial charge in [0.1, 0.15) is 4.88 Å². The van der Waals surface area contributed by atoms with Crippen LogP contribution in [0.25, 0.3) is 0 Å². The molecule has 2 aromatic carbocycles. The third-order valence-electron chi connectivity index (χ3n) is 4.34. The lowest BCUT2D eigenvalue weighted by molar-refractivity contribution is -0.114. The second-order valence-corrected chi connectivity index (χ2v) is 7.77. The molecule has 160 valence electrons. The van der Waals surface area contributed by atoms with E-state index in [4.69, 9.17) is 5.11 Å². The maximum absolute atomic E-state index is 12.8. The van der Waals surface area contributed by atoms with E-state index >= 15 is 0 Å². The molecule has 9 heteroatoms. The largest absolute Gasteiger partial charge is 0.465 e. The van der Waals surface area contributed by atoms with Crippen LogP contribution in [-0.2, 0) is 24.2 Å². The molecule has 0 fully saturated rings. The van der Waals surface area contributed by atoms with Crippen LogP contribution in [-0.4, -0.2) is 28.0 Å². The van der Waals surface area contributed by atoms with E-state index in [1.54, 1.807) is 12.1 Å². The summed E-state index contributed by atoms with van der Waals surface area (Å²) >= 11 is 1.15. The normalized spacial score (nSPS) is 10.4. The predicted octanol–water partition coefficient (Wildman–Crippen LogP) is 3.91. The molecule has 0 saturated carbocycles. The van der Waals surface area contributed by atoms with E-state index in [0.29, 0.717) is 40.8 Å². The minimum atomic E-state index is -1.12. The molecule has 0 atom stereocenters. The zero-order valence-electron chi connectivity index (χ0n) is 16.8. The Hall–Kier alpha value is -3.72. The quantitative estimate of drug-likeness (QED) is 0.425. The molecule has 1 aromatic heterocycles. The first-order valence-electron chi connectivity index (χ1n) is 9.59. The first-order valence-corrected chi connectivity index (χ1v) is 10.4. The van der Waals surface area contributed by atoms with Gasteiger partial charge in [-0.1, -0.05) is 53.8 Å². The van der Waals surface area contributed by atoms with Crippen molar-refractivity contribution in [3.8, 4) is 0 Å². The van der Waals surface area contributed by atoms with E-state index < -0.39 is 6.09 Å². The Morgan fingerprint density at radius 2 is 1.65 bits per heavy atom. The Morgan fingerprint density at radius 3 is 2.29 bits per heavy atom. The molecular formula is C22H22N4O4S. The van der Waals surface area contributed by atoms with Crippen LogP contribution in [0.4, 0.5) is 15.6 Å². The van der Waals surface area contributed by atoms with E-state index in [2.05, 4.69) is 20.9 Å². The highest BCUT2D eigenvalue weighted by Crippen LogP contribution is 2.25. The second kappa shape index (κ2) is 10.4. The van der Waals surface area contributed by atoms with Gasteiger partial charge >= 0.3 is 6.09 Å². The number of carboxylic acid groups (broad SMARTS) is 1. The van der Waals surface area contributed by atoms with Crippen molar-refractivity contribution in [3.05, 3.63) is 76.3 Å². The number of rotatable bonds is 8. The van der Waals surface area contributed by atoms with Crippen molar-refractivity contribution in [2.75, 3.05) is 10.6 Å². The summed E-state index contributed by atoms with van der Waals surface area (Å²) < 4.78 is 0. The predicted molar refractivity (Wildman–Crippen MR) is 120 cm³/mol. The molecule has 0 aliphatic rings. The Labute approximate surface area is 183 Å². The van der Waals surface area contributed by atoms with Crippen molar-refractivity contribution in [1.82, 2.24) is 10.3 Å². The van der Waals surface area contributed by atoms with Crippen molar-refractivity contribution < 1.29 is 19.5 Å². The van der Waals surface area contributed by atoms with Gasteiger partial charge in [0.05, 0.1) is 5.69 Å². The van der Waals surface area contributed by atoms with Crippen LogP contribution >= 0.6 is 11.3 Å². The molecule has 0 spiro atoms. The van der Waals surface area contributed by atoms with Gasteiger partial charge in [0, 0.05) is 19.2 Å². The summed E-state index contributed by atoms with van der Waals surface area (Å²) in [4.78, 5) is 39.8. The van der Waals surface area contributed by atoms with Gasteiger partial charge in [-0.2, -0.15) is 0 Å². The maximum Gasteiger partial charge on any atom is 0.409 e. The number of benzene rings is 2. The fourth-order valence-electron chi connectivity index (χ4n) is 2.90. The molecule has 3 rings (SSSR count). The summed E-state index contributed by atoms with van der Waals surface area (Å²) in [5, 5.41) is 17.0. The fourth-order valence-corrected chi connectivity index (χ4v) is 3.88. The van der Waals surface area contributed by atoms with E-state index in [-0.39, 0.29) is 11.8 Å². The lowest BCUT2D eigenvalue weighted by atomic mass is 10.1. The van der Waals surface area contributed by atoms with Crippen LogP contribution in [0.2, 0.25) is 0 Å². The molecule has 0 bridgehead atoms. The van der Waals surface area contributed by atoms with Gasteiger partial charge < -0.3 is 15.7 Å². The fraction of sp³-hybridized carbons (Fsp3) is 0.182. The Kier molecular flexibility index (Phi) is 7.34. The zero-order valence-corrected chi connectivity index (χ0v) is 17.7. The van der Waals surface area contributed by atoms with Gasteiger partial charge in [0.15, 0.2) is 5.13 Å². The molecule has 0 saturated heterocycles. The topological polar surface area (TPSA) is 120 Å². The molecule has 3 amide bonds. The third kappa shape index (κ3) is 6.65. The molecule has 3 aromatic rings. The average molecular weight is 439 g/mol. The van der Waals surface area contributed by atoms with Crippen LogP contribution in [0.15, 0.2) is 54.6 Å². The van der Waals surface area contributed by atoms with Gasteiger partial charge in [-0.15, -0.1) is 0 Å². The van der Waals surface area contributed by atoms with Crippen LogP contribution < -0.4 is 16.0 Å². The van der Waals surface area contributed by atoms with Crippen molar-refractivity contribution >= 4 is 40.1 Å². The first-order chi connectivity index (χ1) is 14.9. The number of hydrogen-bond donors (Lipinski definition) is 4. The summed E-state index contributed by atoms with van der Waals surface area (Å²) in [6.07, 6.45) is -0.0160. The zero-order chi connectivity index (χ0) is 22.2. The van der Waals surface area contributed by atoms with E-state index in [1.165, 1.54) is 6.92 Å². The monoisotopic (exact) mass is 438 g/mol. The Bertz CT molecular complexity index is 1060. The van der Waals surface area contributed by atoms with Gasteiger partial charge in [-0.25, -0.2) is 9.78 Å². The first kappa shape index (κ1) is 22.0. The molecule has 1 heterocycles. The van der Waals surface area contributed by atoms with Gasteiger partial charge in [0.2, 0.25) is 5.91 Å². The Morgan fingerprint density at radius 1 is 0.935 bits per heavy atom. The lowest BCUT2D eigenvalue weighted by Gasteiger charge is -2.06. The Balaban J connectivity index is 1.70. The second-order valence-electron chi connectivity index (χ2n) is 6.77. The van der Waals surface area contributed by atoms with Gasteiger partial charge in [-0.05, 0) is 36.1 Å². The van der Waals surface area contributed by atoms with Crippen LogP contribution in [0.5, 0.6) is 0 Å². The number of hydrogen-bond acceptors (Lipinski definition) is 5. The molecule has 0 aliphatic carbocycles. The highest BCUT2D eigenvalue weighted by molar-refractivity contribution is 7.17. The minimum absolute atomic E-state index is 0.242. The molecule has 4 N–H and O–H groups in total. The summed E-state index contributed by atoms with van der Waals surface area (Å²) in [5.74, 6) is -0.493. The van der Waals surface area contributed by atoms with Crippen molar-refractivity contribution in [2.45, 2.75) is 26.3 Å². The SMILES string of the molecule is CC(=O)Nc1nc(CCc2ccc(NC(=O)O)cc2)c(C(=O)NCc2ccccc2)s1. The highest BCUT2D eigenvalue weighted by Gasteiger charge is 2.18. The molecule has 31 heavy (non-hydrogen) atoms. The smallest absolute Gasteiger partial charge is 0.409 e. The molecule has 0 radical (unpaired) electrons. The minimum Gasteiger partial charge on any atom is -0.465 e. The number of anilines is 2. The van der Waals surface area contributed by atoms with Crippen molar-refractivity contribution in [2.24, 2.45) is 0 Å². The number of aryl methyl sites for hydroxylation is 2. The van der Waals surface area contributed by atoms with Gasteiger partial charge in [-0.3, -0.25) is 14.9 Å². The summed E-state index contributed by atoms with van der Waals surface area (Å²) in [6.45, 7) is 1.79. The van der Waals surface area contributed by atoms with E-state index in [9.17, 15) is 14.4 Å². The van der Waals surface area contributed by atoms with E-state index in [1.807, 2.05) is 42.5 Å². The van der Waals surface area contributed by atoms with Gasteiger partial charge in [0.25, 0.3) is 5.91 Å². The number of amides is 3. The molecular weight excluding hydrogens is 416 g/mol. The number of aromatic nitrogens is 1. The van der Waals surface area contributed by atoms with Crippen LogP contribution in [0.1, 0.15) is 33.4 Å². The number of nitrogens with one attached hydrogen (secondary N) is 3. The summed E-state index contributed by atoms with van der Waals surface area (Å²) in [5.41, 5.74) is 3.05. The number of carbonyl (C=O) groups is 3. The maximum atomic E-state index is 12.8. The summed E-state index contributed by atoms with van der Waals surface area (Å²) in [7, 11) is 0. The summed E-state index contributed by atoms with van der Waals surface area (Å²) in [6, 6.07) is 16.6. The van der Waals surface area contributed by atoms with Crippen molar-refractivity contribution in [1.29, 1.82) is 0 Å². The molecule has 0 aliphatic heterocycles. The van der Waals surface area contributed by atoms with E-state index in [0.717, 1.165) is 22.5 Å². The lowest BCUT2D eigenvalue weighted by Crippen LogP contribution is -2.23. The highest BCUT2D eigenvalue weighted by atomic mass is 32.1.